The number of hydroxylamine groups is 1. The first kappa shape index (κ1) is 28.0. The van der Waals surface area contributed by atoms with Crippen molar-refractivity contribution < 1.29 is 29.8 Å². The van der Waals surface area contributed by atoms with Crippen molar-refractivity contribution in [3.8, 4) is 0 Å². The summed E-state index contributed by atoms with van der Waals surface area (Å²) >= 11 is 0. The maximum Gasteiger partial charge on any atom is 0.272 e. The summed E-state index contributed by atoms with van der Waals surface area (Å²) in [5, 5.41) is 35.4. The standard InChI is InChI=1S/C26H35N3O6/c1-16(2)15-19(21(30)24(32)29-35)23(31)28-22(26(3,4)34)25(33)27-20(17-11-7-5-8-12-17)18-13-9-6-10-14-18/h5-14,16,19-22,30,34-35H,15H2,1-4H3,(H,27,33)(H,28,31)(H,29,32)/t19-,21+,22-/m1/s1. The van der Waals surface area contributed by atoms with E-state index in [0.29, 0.717) is 0 Å². The smallest absolute Gasteiger partial charge is 0.272 e. The Balaban J connectivity index is 2.34. The van der Waals surface area contributed by atoms with Crippen molar-refractivity contribution in [2.45, 2.75) is 57.9 Å². The SMILES string of the molecule is CC(C)C[C@@H](C(=O)N[C@H](C(=O)NC(c1ccccc1)c1ccccc1)C(C)(C)O)[C@H](O)C(=O)NO. The van der Waals surface area contributed by atoms with Crippen LogP contribution in [-0.2, 0) is 14.4 Å². The van der Waals surface area contributed by atoms with Gasteiger partial charge in [-0.25, -0.2) is 5.48 Å². The number of aliphatic hydroxyl groups is 2. The third kappa shape index (κ3) is 7.88. The van der Waals surface area contributed by atoms with Gasteiger partial charge in [-0.1, -0.05) is 74.5 Å². The predicted octanol–water partition coefficient (Wildman–Crippen LogP) is 1.68. The Hall–Kier alpha value is -3.27. The number of hydrogen-bond acceptors (Lipinski definition) is 6. The minimum Gasteiger partial charge on any atom is -0.388 e. The summed E-state index contributed by atoms with van der Waals surface area (Å²) in [6.45, 7) is 6.36. The van der Waals surface area contributed by atoms with E-state index in [1.807, 2.05) is 60.7 Å². The van der Waals surface area contributed by atoms with Gasteiger partial charge in [0.1, 0.15) is 12.1 Å². The highest BCUT2D eigenvalue weighted by molar-refractivity contribution is 5.93. The number of carbonyl (C=O) groups excluding carboxylic acids is 3. The van der Waals surface area contributed by atoms with Crippen LogP contribution in [0.25, 0.3) is 0 Å². The van der Waals surface area contributed by atoms with E-state index in [-0.39, 0.29) is 12.3 Å². The van der Waals surface area contributed by atoms with Gasteiger partial charge in [0.05, 0.1) is 17.6 Å². The Morgan fingerprint density at radius 3 is 1.71 bits per heavy atom. The molecule has 0 bridgehead atoms. The summed E-state index contributed by atoms with van der Waals surface area (Å²) in [5.41, 5.74) is 1.28. The molecule has 0 radical (unpaired) electrons. The molecule has 9 nitrogen and oxygen atoms in total. The van der Waals surface area contributed by atoms with E-state index in [4.69, 9.17) is 5.21 Å². The number of rotatable bonds is 11. The molecule has 0 aliphatic carbocycles. The molecule has 3 atom stereocenters. The maximum absolute atomic E-state index is 13.4. The van der Waals surface area contributed by atoms with Gasteiger partial charge in [0.15, 0.2) is 0 Å². The largest absolute Gasteiger partial charge is 0.388 e. The lowest BCUT2D eigenvalue weighted by Crippen LogP contribution is -2.60. The zero-order valence-electron chi connectivity index (χ0n) is 20.4. The van der Waals surface area contributed by atoms with E-state index in [1.165, 1.54) is 19.3 Å². The number of amides is 3. The van der Waals surface area contributed by atoms with Gasteiger partial charge in [0, 0.05) is 0 Å². The third-order valence-electron chi connectivity index (χ3n) is 5.63. The van der Waals surface area contributed by atoms with E-state index in [1.54, 1.807) is 13.8 Å². The minimum atomic E-state index is -1.84. The first-order chi connectivity index (χ1) is 16.5. The van der Waals surface area contributed by atoms with Crippen LogP contribution >= 0.6 is 0 Å². The lowest BCUT2D eigenvalue weighted by atomic mass is 9.89. The molecule has 2 aromatic rings. The molecule has 0 unspecified atom stereocenters. The van der Waals surface area contributed by atoms with Crippen LogP contribution in [0.4, 0.5) is 0 Å². The number of nitrogens with one attached hydrogen (secondary N) is 3. The normalized spacial score (nSPS) is 14.2. The Kier molecular flexibility index (Phi) is 9.94. The molecule has 2 rings (SSSR count). The van der Waals surface area contributed by atoms with Crippen molar-refractivity contribution in [2.24, 2.45) is 11.8 Å². The van der Waals surface area contributed by atoms with Gasteiger partial charge in [0.2, 0.25) is 11.8 Å². The second-order valence-corrected chi connectivity index (χ2v) is 9.52. The van der Waals surface area contributed by atoms with E-state index < -0.39 is 47.4 Å². The lowest BCUT2D eigenvalue weighted by molar-refractivity contribution is -0.148. The molecule has 35 heavy (non-hydrogen) atoms. The van der Waals surface area contributed by atoms with Crippen LogP contribution in [-0.4, -0.2) is 50.9 Å². The summed E-state index contributed by atoms with van der Waals surface area (Å²) in [7, 11) is 0. The zero-order chi connectivity index (χ0) is 26.2. The first-order valence-corrected chi connectivity index (χ1v) is 11.5. The fourth-order valence-corrected chi connectivity index (χ4v) is 3.82. The summed E-state index contributed by atoms with van der Waals surface area (Å²) in [5.74, 6) is -3.91. The van der Waals surface area contributed by atoms with E-state index in [2.05, 4.69) is 10.6 Å². The molecular weight excluding hydrogens is 450 g/mol. The van der Waals surface area contributed by atoms with E-state index in [9.17, 15) is 24.6 Å². The van der Waals surface area contributed by atoms with Crippen LogP contribution in [0, 0.1) is 11.8 Å². The van der Waals surface area contributed by atoms with Gasteiger partial charge in [-0.05, 0) is 37.3 Å². The highest BCUT2D eigenvalue weighted by Gasteiger charge is 2.40. The van der Waals surface area contributed by atoms with Gasteiger partial charge in [-0.2, -0.15) is 0 Å². The zero-order valence-corrected chi connectivity index (χ0v) is 20.4. The van der Waals surface area contributed by atoms with Gasteiger partial charge in [-0.15, -0.1) is 0 Å². The van der Waals surface area contributed by atoms with Gasteiger partial charge >= 0.3 is 0 Å². The molecule has 0 aromatic heterocycles. The molecule has 6 N–H and O–H groups in total. The van der Waals surface area contributed by atoms with Crippen LogP contribution in [0.1, 0.15) is 51.3 Å². The predicted molar refractivity (Wildman–Crippen MR) is 130 cm³/mol. The topological polar surface area (TPSA) is 148 Å². The van der Waals surface area contributed by atoms with Crippen molar-refractivity contribution in [3.05, 3.63) is 71.8 Å². The molecule has 0 aliphatic rings. The van der Waals surface area contributed by atoms with E-state index in [0.717, 1.165) is 11.1 Å². The molecular formula is C26H35N3O6. The highest BCUT2D eigenvalue weighted by atomic mass is 16.5. The van der Waals surface area contributed by atoms with Crippen molar-refractivity contribution in [2.75, 3.05) is 0 Å². The molecule has 0 fully saturated rings. The van der Waals surface area contributed by atoms with Crippen molar-refractivity contribution in [1.82, 2.24) is 16.1 Å². The van der Waals surface area contributed by atoms with Crippen LogP contribution in [0.15, 0.2) is 60.7 Å². The van der Waals surface area contributed by atoms with Gasteiger partial charge in [0.25, 0.3) is 5.91 Å². The summed E-state index contributed by atoms with van der Waals surface area (Å²) in [6, 6.07) is 16.6. The Bertz CT molecular complexity index is 936. The second-order valence-electron chi connectivity index (χ2n) is 9.52. The number of aliphatic hydroxyl groups excluding tert-OH is 1. The number of carbonyl (C=O) groups is 3. The minimum absolute atomic E-state index is 0.0816. The van der Waals surface area contributed by atoms with E-state index >= 15 is 0 Å². The number of hydrogen-bond donors (Lipinski definition) is 6. The first-order valence-electron chi connectivity index (χ1n) is 11.5. The van der Waals surface area contributed by atoms with Crippen molar-refractivity contribution >= 4 is 17.7 Å². The fraction of sp³-hybridized carbons (Fsp3) is 0.423. The average Bonchev–Trinajstić information content (AvgIpc) is 2.83. The molecule has 190 valence electrons. The monoisotopic (exact) mass is 485 g/mol. The quantitative estimate of drug-likeness (QED) is 0.211. The van der Waals surface area contributed by atoms with Gasteiger partial charge in [-0.3, -0.25) is 19.6 Å². The van der Waals surface area contributed by atoms with Crippen LogP contribution < -0.4 is 16.1 Å². The van der Waals surface area contributed by atoms with Crippen molar-refractivity contribution in [1.29, 1.82) is 0 Å². The fourth-order valence-electron chi connectivity index (χ4n) is 3.82. The third-order valence-corrected chi connectivity index (χ3v) is 5.63. The molecule has 0 saturated heterocycles. The Morgan fingerprint density at radius 1 is 0.829 bits per heavy atom. The molecule has 0 heterocycles. The van der Waals surface area contributed by atoms with Crippen LogP contribution in [0.3, 0.4) is 0 Å². The second kappa shape index (κ2) is 12.4. The summed E-state index contributed by atoms with van der Waals surface area (Å²) in [4.78, 5) is 38.3. The lowest BCUT2D eigenvalue weighted by Gasteiger charge is -2.33. The molecule has 9 heteroatoms. The molecule has 0 aliphatic heterocycles. The van der Waals surface area contributed by atoms with Gasteiger partial charge < -0.3 is 20.8 Å². The maximum atomic E-state index is 13.4. The molecule has 2 aromatic carbocycles. The van der Waals surface area contributed by atoms with Crippen LogP contribution in [0.5, 0.6) is 0 Å². The Morgan fingerprint density at radius 2 is 1.31 bits per heavy atom. The summed E-state index contributed by atoms with van der Waals surface area (Å²) in [6.07, 6.45) is -1.73. The number of benzene rings is 2. The molecule has 3 amide bonds. The molecule has 0 spiro atoms. The molecule has 0 saturated carbocycles. The Labute approximate surface area is 205 Å². The van der Waals surface area contributed by atoms with Crippen molar-refractivity contribution in [3.63, 3.8) is 0 Å². The summed E-state index contributed by atoms with van der Waals surface area (Å²) < 4.78 is 0. The highest BCUT2D eigenvalue weighted by Crippen LogP contribution is 2.23. The average molecular weight is 486 g/mol. The van der Waals surface area contributed by atoms with Crippen LogP contribution in [0.2, 0.25) is 0 Å².